The molecule has 1 atom stereocenters. The molecule has 1 unspecified atom stereocenters. The summed E-state index contributed by atoms with van der Waals surface area (Å²) >= 11 is 5.74. The molecule has 0 bridgehead atoms. The van der Waals surface area contributed by atoms with Gasteiger partial charge in [0.2, 0.25) is 15.9 Å². The first-order valence-corrected chi connectivity index (χ1v) is 12.2. The Morgan fingerprint density at radius 3 is 2.50 bits per heavy atom. The number of halogens is 2. The van der Waals surface area contributed by atoms with Crippen LogP contribution in [0.1, 0.15) is 31.4 Å². The quantitative estimate of drug-likeness (QED) is 0.704. The molecule has 1 N–H and O–H groups in total. The summed E-state index contributed by atoms with van der Waals surface area (Å²) in [5, 5.41) is 2.77. The Kier molecular flexibility index (Phi) is 6.60. The van der Waals surface area contributed by atoms with Crippen LogP contribution in [0.25, 0.3) is 0 Å². The number of hydrogen-bond donors (Lipinski definition) is 1. The minimum atomic E-state index is -3.80. The van der Waals surface area contributed by atoms with Crippen molar-refractivity contribution in [3.05, 3.63) is 52.8 Å². The zero-order valence-electron chi connectivity index (χ0n) is 17.5. The molecule has 32 heavy (non-hydrogen) atoms. The lowest BCUT2D eigenvalue weighted by atomic mass is 9.96. The average Bonchev–Trinajstić information content (AvgIpc) is 2.80. The molecule has 1 fully saturated rings. The van der Waals surface area contributed by atoms with Crippen molar-refractivity contribution in [1.29, 1.82) is 0 Å². The topological polar surface area (TPSA) is 84.9 Å². The van der Waals surface area contributed by atoms with Crippen LogP contribution >= 0.6 is 11.6 Å². The SMILES string of the molecule is CC(NC(=O)C1CCN(S(=O)(=O)c2ccc(F)c(Cl)c2)CC1)c1ccc2c(c1)OCCO2. The molecule has 2 heterocycles. The Labute approximate surface area is 191 Å². The molecule has 2 aliphatic heterocycles. The molecule has 0 radical (unpaired) electrons. The number of nitrogens with one attached hydrogen (secondary N) is 1. The Morgan fingerprint density at radius 1 is 1.12 bits per heavy atom. The molecule has 0 saturated carbocycles. The van der Waals surface area contributed by atoms with Crippen molar-refractivity contribution in [2.75, 3.05) is 26.3 Å². The molecule has 2 aromatic carbocycles. The van der Waals surface area contributed by atoms with Crippen molar-refractivity contribution in [1.82, 2.24) is 9.62 Å². The van der Waals surface area contributed by atoms with Gasteiger partial charge in [-0.15, -0.1) is 0 Å². The standard InChI is InChI=1S/C22H24ClFN2O5S/c1-14(16-2-5-20-21(12-16)31-11-10-30-20)25-22(27)15-6-8-26(9-7-15)32(28,29)17-3-4-19(24)18(23)13-17/h2-5,12-15H,6-11H2,1H3,(H,25,27). The van der Waals surface area contributed by atoms with Crippen LogP contribution in [0.4, 0.5) is 4.39 Å². The summed E-state index contributed by atoms with van der Waals surface area (Å²) < 4.78 is 51.5. The molecule has 0 spiro atoms. The first kappa shape index (κ1) is 22.8. The fourth-order valence-corrected chi connectivity index (χ4v) is 5.63. The summed E-state index contributed by atoms with van der Waals surface area (Å²) in [6, 6.07) is 8.70. The van der Waals surface area contributed by atoms with Crippen LogP contribution in [-0.4, -0.2) is 44.9 Å². The second kappa shape index (κ2) is 9.25. The highest BCUT2D eigenvalue weighted by Crippen LogP contribution is 2.33. The number of benzene rings is 2. The average molecular weight is 483 g/mol. The number of fused-ring (bicyclic) bond motifs is 1. The molecular weight excluding hydrogens is 459 g/mol. The number of rotatable bonds is 5. The van der Waals surface area contributed by atoms with E-state index in [0.717, 1.165) is 17.7 Å². The maximum Gasteiger partial charge on any atom is 0.243 e. The van der Waals surface area contributed by atoms with Gasteiger partial charge in [-0.3, -0.25) is 4.79 Å². The van der Waals surface area contributed by atoms with Crippen molar-refractivity contribution in [2.24, 2.45) is 5.92 Å². The summed E-state index contributed by atoms with van der Waals surface area (Å²) in [6.45, 7) is 3.30. The van der Waals surface area contributed by atoms with Gasteiger partial charge in [0.15, 0.2) is 11.5 Å². The third-order valence-corrected chi connectivity index (χ3v) is 7.96. The third-order valence-electron chi connectivity index (χ3n) is 5.78. The van der Waals surface area contributed by atoms with Gasteiger partial charge < -0.3 is 14.8 Å². The number of carbonyl (C=O) groups is 1. The summed E-state index contributed by atoms with van der Waals surface area (Å²) in [4.78, 5) is 12.7. The van der Waals surface area contributed by atoms with E-state index in [1.165, 1.54) is 10.4 Å². The number of ether oxygens (including phenoxy) is 2. The van der Waals surface area contributed by atoms with E-state index in [2.05, 4.69) is 5.32 Å². The zero-order valence-corrected chi connectivity index (χ0v) is 19.1. The van der Waals surface area contributed by atoms with E-state index >= 15 is 0 Å². The summed E-state index contributed by atoms with van der Waals surface area (Å²) in [6.07, 6.45) is 0.793. The second-order valence-corrected chi connectivity index (χ2v) is 10.2. The van der Waals surface area contributed by atoms with Gasteiger partial charge in [0.1, 0.15) is 19.0 Å². The van der Waals surface area contributed by atoms with Gasteiger partial charge in [-0.25, -0.2) is 12.8 Å². The smallest absolute Gasteiger partial charge is 0.243 e. The fraction of sp³-hybridized carbons (Fsp3) is 0.409. The normalized spacial score (nSPS) is 18.2. The molecule has 0 aromatic heterocycles. The molecule has 7 nitrogen and oxygen atoms in total. The predicted octanol–water partition coefficient (Wildman–Crippen LogP) is 3.53. The Bertz CT molecular complexity index is 1120. The molecule has 4 rings (SSSR count). The minimum absolute atomic E-state index is 0.0565. The van der Waals surface area contributed by atoms with Crippen LogP contribution in [0.5, 0.6) is 11.5 Å². The first-order chi connectivity index (χ1) is 15.3. The van der Waals surface area contributed by atoms with Crippen LogP contribution in [0.2, 0.25) is 5.02 Å². The highest BCUT2D eigenvalue weighted by Gasteiger charge is 2.33. The highest BCUT2D eigenvalue weighted by atomic mass is 35.5. The number of amides is 1. The predicted molar refractivity (Wildman–Crippen MR) is 117 cm³/mol. The second-order valence-electron chi connectivity index (χ2n) is 7.89. The molecule has 2 aromatic rings. The summed E-state index contributed by atoms with van der Waals surface area (Å²) in [5.74, 6) is 0.268. The van der Waals surface area contributed by atoms with E-state index in [1.54, 1.807) is 0 Å². The van der Waals surface area contributed by atoms with Crippen molar-refractivity contribution in [2.45, 2.75) is 30.7 Å². The number of piperidine rings is 1. The zero-order chi connectivity index (χ0) is 22.9. The fourth-order valence-electron chi connectivity index (χ4n) is 3.89. The largest absolute Gasteiger partial charge is 0.486 e. The summed E-state index contributed by atoms with van der Waals surface area (Å²) in [5.41, 5.74) is 0.899. The molecule has 172 valence electrons. The van der Waals surface area contributed by atoms with E-state index in [0.29, 0.717) is 37.6 Å². The molecule has 1 saturated heterocycles. The van der Waals surface area contributed by atoms with Crippen LogP contribution in [0.3, 0.4) is 0 Å². The van der Waals surface area contributed by atoms with E-state index in [9.17, 15) is 17.6 Å². The number of nitrogens with zero attached hydrogens (tertiary/aromatic N) is 1. The summed E-state index contributed by atoms with van der Waals surface area (Å²) in [7, 11) is -3.80. The molecule has 2 aliphatic rings. The minimum Gasteiger partial charge on any atom is -0.486 e. The van der Waals surface area contributed by atoms with Gasteiger partial charge in [0.05, 0.1) is 16.0 Å². The van der Waals surface area contributed by atoms with Crippen molar-refractivity contribution in [3.63, 3.8) is 0 Å². The van der Waals surface area contributed by atoms with E-state index in [1.807, 2.05) is 25.1 Å². The van der Waals surface area contributed by atoms with Gasteiger partial charge in [-0.1, -0.05) is 17.7 Å². The van der Waals surface area contributed by atoms with Gasteiger partial charge >= 0.3 is 0 Å². The van der Waals surface area contributed by atoms with Crippen LogP contribution in [-0.2, 0) is 14.8 Å². The van der Waals surface area contributed by atoms with Crippen molar-refractivity contribution >= 4 is 27.5 Å². The third kappa shape index (κ3) is 4.69. The van der Waals surface area contributed by atoms with Crippen LogP contribution in [0.15, 0.2) is 41.3 Å². The maximum atomic E-state index is 13.4. The molecular formula is C22H24ClFN2O5S. The highest BCUT2D eigenvalue weighted by molar-refractivity contribution is 7.89. The van der Waals surface area contributed by atoms with Gasteiger partial charge in [0, 0.05) is 19.0 Å². The maximum absolute atomic E-state index is 13.4. The number of sulfonamides is 1. The number of hydrogen-bond acceptors (Lipinski definition) is 5. The Balaban J connectivity index is 1.35. The van der Waals surface area contributed by atoms with Gasteiger partial charge in [0.25, 0.3) is 0 Å². The lowest BCUT2D eigenvalue weighted by Gasteiger charge is -2.31. The van der Waals surface area contributed by atoms with Gasteiger partial charge in [-0.2, -0.15) is 4.31 Å². The number of carbonyl (C=O) groups excluding carboxylic acids is 1. The first-order valence-electron chi connectivity index (χ1n) is 10.4. The molecule has 1 amide bonds. The van der Waals surface area contributed by atoms with E-state index in [-0.39, 0.29) is 40.9 Å². The lowest BCUT2D eigenvalue weighted by Crippen LogP contribution is -2.43. The Hall–Kier alpha value is -2.36. The lowest BCUT2D eigenvalue weighted by molar-refractivity contribution is -0.126. The Morgan fingerprint density at radius 2 is 1.81 bits per heavy atom. The van der Waals surface area contributed by atoms with E-state index in [4.69, 9.17) is 21.1 Å². The van der Waals surface area contributed by atoms with Crippen molar-refractivity contribution < 1.29 is 27.1 Å². The van der Waals surface area contributed by atoms with Crippen molar-refractivity contribution in [3.8, 4) is 11.5 Å². The monoisotopic (exact) mass is 482 g/mol. The van der Waals surface area contributed by atoms with E-state index < -0.39 is 15.8 Å². The molecule has 10 heteroatoms. The molecule has 0 aliphatic carbocycles. The van der Waals surface area contributed by atoms with Crippen LogP contribution in [0, 0.1) is 11.7 Å². The van der Waals surface area contributed by atoms with Gasteiger partial charge in [-0.05, 0) is 55.7 Å². The van der Waals surface area contributed by atoms with Crippen LogP contribution < -0.4 is 14.8 Å².